The van der Waals surface area contributed by atoms with Crippen LogP contribution in [0.4, 0.5) is 0 Å². The quantitative estimate of drug-likeness (QED) is 0.768. The molecule has 4 nitrogen and oxygen atoms in total. The van der Waals surface area contributed by atoms with Crippen LogP contribution in [0.2, 0.25) is 0 Å². The molecule has 116 valence electrons. The van der Waals surface area contributed by atoms with E-state index in [-0.39, 0.29) is 5.91 Å². The fourth-order valence-corrected chi connectivity index (χ4v) is 2.65. The Balaban J connectivity index is 2.33. The van der Waals surface area contributed by atoms with Gasteiger partial charge in [-0.25, -0.2) is 0 Å². The molecule has 21 heavy (non-hydrogen) atoms. The van der Waals surface area contributed by atoms with E-state index in [0.717, 1.165) is 24.8 Å². The molecule has 2 atom stereocenters. The van der Waals surface area contributed by atoms with Crippen molar-refractivity contribution in [2.45, 2.75) is 50.7 Å². The maximum atomic E-state index is 12.4. The molecule has 1 aliphatic rings. The zero-order valence-corrected chi connectivity index (χ0v) is 13.3. The molecule has 2 unspecified atom stereocenters. The molecule has 1 fully saturated rings. The Labute approximate surface area is 127 Å². The summed E-state index contributed by atoms with van der Waals surface area (Å²) >= 11 is 0. The average molecular weight is 289 g/mol. The van der Waals surface area contributed by atoms with Gasteiger partial charge in [-0.15, -0.1) is 0 Å². The molecule has 2 rings (SSSR count). The first kappa shape index (κ1) is 16.0. The summed E-state index contributed by atoms with van der Waals surface area (Å²) in [5, 5.41) is 3.51. The predicted molar refractivity (Wildman–Crippen MR) is 85.9 cm³/mol. The third-order valence-corrected chi connectivity index (χ3v) is 4.54. The summed E-state index contributed by atoms with van der Waals surface area (Å²) in [7, 11) is 2.06. The predicted octanol–water partition coefficient (Wildman–Crippen LogP) is 1.85. The van der Waals surface area contributed by atoms with Gasteiger partial charge < -0.3 is 10.6 Å². The molecule has 0 saturated heterocycles. The minimum absolute atomic E-state index is 0.296. The van der Waals surface area contributed by atoms with E-state index in [9.17, 15) is 4.79 Å². The summed E-state index contributed by atoms with van der Waals surface area (Å²) in [5.41, 5.74) is 5.99. The molecular weight excluding hydrogens is 262 g/mol. The highest BCUT2D eigenvalue weighted by Crippen LogP contribution is 2.30. The summed E-state index contributed by atoms with van der Waals surface area (Å²) < 4.78 is 0. The number of rotatable bonds is 8. The van der Waals surface area contributed by atoms with Gasteiger partial charge in [0.15, 0.2) is 0 Å². The lowest BCUT2D eigenvalue weighted by atomic mass is 9.87. The average Bonchev–Trinajstić information content (AvgIpc) is 3.30. The van der Waals surface area contributed by atoms with Crippen LogP contribution in [0.3, 0.4) is 0 Å². The van der Waals surface area contributed by atoms with Gasteiger partial charge in [0, 0.05) is 18.6 Å². The number of nitrogens with one attached hydrogen (secondary N) is 1. The standard InChI is InChI=1S/C17H27N3O/c1-4-13(2)20(3)12-17(16(18)21,19-15-10-11-15)14-8-6-5-7-9-14/h5-9,13,15,19H,4,10-12H2,1-3H3,(H2,18,21). The van der Waals surface area contributed by atoms with Gasteiger partial charge in [0.25, 0.3) is 0 Å². The molecule has 1 aromatic rings. The number of hydrogen-bond donors (Lipinski definition) is 2. The molecule has 0 radical (unpaired) electrons. The van der Waals surface area contributed by atoms with Gasteiger partial charge in [-0.05, 0) is 38.8 Å². The van der Waals surface area contributed by atoms with E-state index in [1.54, 1.807) is 0 Å². The Hall–Kier alpha value is -1.39. The maximum absolute atomic E-state index is 12.4. The molecule has 0 spiro atoms. The van der Waals surface area contributed by atoms with Crippen LogP contribution in [-0.2, 0) is 10.3 Å². The van der Waals surface area contributed by atoms with Crippen molar-refractivity contribution < 1.29 is 4.79 Å². The van der Waals surface area contributed by atoms with Crippen LogP contribution in [-0.4, -0.2) is 36.5 Å². The smallest absolute Gasteiger partial charge is 0.243 e. The van der Waals surface area contributed by atoms with E-state index in [1.165, 1.54) is 0 Å². The van der Waals surface area contributed by atoms with Crippen molar-refractivity contribution >= 4 is 5.91 Å². The largest absolute Gasteiger partial charge is 0.368 e. The molecule has 1 aromatic carbocycles. The van der Waals surface area contributed by atoms with Crippen LogP contribution in [0.1, 0.15) is 38.7 Å². The summed E-state index contributed by atoms with van der Waals surface area (Å²) in [6, 6.07) is 10.7. The summed E-state index contributed by atoms with van der Waals surface area (Å²) in [6.07, 6.45) is 3.29. The SMILES string of the molecule is CCC(C)N(C)CC(NC1CC1)(C(N)=O)c1ccccc1. The number of carbonyl (C=O) groups excluding carboxylic acids is 1. The van der Waals surface area contributed by atoms with E-state index >= 15 is 0 Å². The van der Waals surface area contributed by atoms with Gasteiger partial charge in [0.1, 0.15) is 5.54 Å². The summed E-state index contributed by atoms with van der Waals surface area (Å²) in [6.45, 7) is 4.93. The highest BCUT2D eigenvalue weighted by Gasteiger charge is 2.43. The fourth-order valence-electron chi connectivity index (χ4n) is 2.65. The maximum Gasteiger partial charge on any atom is 0.243 e. The molecule has 0 bridgehead atoms. The van der Waals surface area contributed by atoms with Crippen molar-refractivity contribution in [3.05, 3.63) is 35.9 Å². The number of nitrogens with two attached hydrogens (primary N) is 1. The molecule has 4 heteroatoms. The van der Waals surface area contributed by atoms with Crippen molar-refractivity contribution in [3.8, 4) is 0 Å². The topological polar surface area (TPSA) is 58.4 Å². The Kier molecular flexibility index (Phi) is 5.01. The van der Waals surface area contributed by atoms with Crippen molar-refractivity contribution in [2.24, 2.45) is 5.73 Å². The van der Waals surface area contributed by atoms with Crippen molar-refractivity contribution in [1.82, 2.24) is 10.2 Å². The fraction of sp³-hybridized carbons (Fsp3) is 0.588. The monoisotopic (exact) mass is 289 g/mol. The Bertz CT molecular complexity index is 472. The van der Waals surface area contributed by atoms with Gasteiger partial charge >= 0.3 is 0 Å². The van der Waals surface area contributed by atoms with E-state index in [2.05, 4.69) is 31.1 Å². The van der Waals surface area contributed by atoms with Crippen LogP contribution in [0.5, 0.6) is 0 Å². The van der Waals surface area contributed by atoms with Gasteiger partial charge in [-0.1, -0.05) is 37.3 Å². The molecule has 1 amide bonds. The number of nitrogens with zero attached hydrogens (tertiary/aromatic N) is 1. The number of primary amides is 1. The van der Waals surface area contributed by atoms with Crippen molar-refractivity contribution in [2.75, 3.05) is 13.6 Å². The van der Waals surface area contributed by atoms with Crippen LogP contribution in [0.15, 0.2) is 30.3 Å². The first-order valence-corrected chi connectivity index (χ1v) is 7.83. The minimum atomic E-state index is -0.805. The second-order valence-corrected chi connectivity index (χ2v) is 6.23. The molecule has 3 N–H and O–H groups in total. The van der Waals surface area contributed by atoms with Gasteiger partial charge in [0.05, 0.1) is 0 Å². The second kappa shape index (κ2) is 6.58. The Morgan fingerprint density at radius 1 is 1.43 bits per heavy atom. The van der Waals surface area contributed by atoms with Gasteiger partial charge in [-0.3, -0.25) is 10.1 Å². The highest BCUT2D eigenvalue weighted by molar-refractivity contribution is 5.86. The van der Waals surface area contributed by atoms with Crippen LogP contribution in [0, 0.1) is 0 Å². The van der Waals surface area contributed by atoms with Crippen LogP contribution >= 0.6 is 0 Å². The third kappa shape index (κ3) is 3.63. The molecule has 0 heterocycles. The summed E-state index contributed by atoms with van der Waals surface area (Å²) in [5.74, 6) is -0.296. The van der Waals surface area contributed by atoms with Crippen LogP contribution < -0.4 is 11.1 Å². The summed E-state index contributed by atoms with van der Waals surface area (Å²) in [4.78, 5) is 14.6. The normalized spacial score (nSPS) is 19.2. The number of carbonyl (C=O) groups is 1. The Morgan fingerprint density at radius 3 is 2.52 bits per heavy atom. The van der Waals surface area contributed by atoms with Crippen LogP contribution in [0.25, 0.3) is 0 Å². The molecule has 1 saturated carbocycles. The molecule has 0 aromatic heterocycles. The molecule has 1 aliphatic carbocycles. The first-order valence-electron chi connectivity index (χ1n) is 7.83. The van der Waals surface area contributed by atoms with E-state index < -0.39 is 5.54 Å². The number of hydrogen-bond acceptors (Lipinski definition) is 3. The van der Waals surface area contributed by atoms with E-state index in [1.807, 2.05) is 30.3 Å². The minimum Gasteiger partial charge on any atom is -0.368 e. The Morgan fingerprint density at radius 2 is 2.05 bits per heavy atom. The lowest BCUT2D eigenvalue weighted by molar-refractivity contribution is -0.126. The van der Waals surface area contributed by atoms with E-state index in [4.69, 9.17) is 5.73 Å². The van der Waals surface area contributed by atoms with Gasteiger partial charge in [-0.2, -0.15) is 0 Å². The number of amides is 1. The highest BCUT2D eigenvalue weighted by atomic mass is 16.1. The van der Waals surface area contributed by atoms with E-state index in [0.29, 0.717) is 18.6 Å². The van der Waals surface area contributed by atoms with Crippen molar-refractivity contribution in [3.63, 3.8) is 0 Å². The lowest BCUT2D eigenvalue weighted by Gasteiger charge is -2.38. The van der Waals surface area contributed by atoms with Gasteiger partial charge in [0.2, 0.25) is 5.91 Å². The first-order chi connectivity index (χ1) is 9.99. The zero-order chi connectivity index (χ0) is 15.5. The molecule has 0 aliphatic heterocycles. The number of benzene rings is 1. The number of likely N-dealkylation sites (N-methyl/N-ethyl adjacent to an activating group) is 1. The third-order valence-electron chi connectivity index (χ3n) is 4.54. The zero-order valence-electron chi connectivity index (χ0n) is 13.3. The lowest BCUT2D eigenvalue weighted by Crippen LogP contribution is -2.60. The van der Waals surface area contributed by atoms with Crippen molar-refractivity contribution in [1.29, 1.82) is 0 Å². The second-order valence-electron chi connectivity index (χ2n) is 6.23. The molecular formula is C17H27N3O.